The summed E-state index contributed by atoms with van der Waals surface area (Å²) in [5.74, 6) is 0.151. The van der Waals surface area contributed by atoms with E-state index in [4.69, 9.17) is 4.74 Å². The number of rotatable bonds is 5. The normalized spacial score (nSPS) is 17.0. The van der Waals surface area contributed by atoms with Gasteiger partial charge >= 0.3 is 0 Å². The van der Waals surface area contributed by atoms with E-state index >= 15 is 0 Å². The fourth-order valence-corrected chi connectivity index (χ4v) is 3.60. The first-order chi connectivity index (χ1) is 12.4. The smallest absolute Gasteiger partial charge is 0.231 e. The van der Waals surface area contributed by atoms with Crippen molar-refractivity contribution in [1.29, 1.82) is 0 Å². The third kappa shape index (κ3) is 3.70. The Balaban J connectivity index is 1.73. The molecular formula is C18H22N4O3S. The highest BCUT2D eigenvalue weighted by molar-refractivity contribution is 7.15. The molecule has 0 saturated carbocycles. The number of anilines is 2. The third-order valence-corrected chi connectivity index (χ3v) is 5.42. The van der Waals surface area contributed by atoms with Crippen LogP contribution in [0.1, 0.15) is 36.8 Å². The standard InChI is InChI=1S/C18H22N4O3S/c1-10(2)17-20-21-18(26-17)19-16(24)12-8-15(23)22(9-12)13-7-11(3)5-6-14(13)25-4/h5-7,10,12H,8-9H2,1-4H3,(H,19,21,24)/t12-/m0/s1. The first kappa shape index (κ1) is 18.3. The van der Waals surface area contributed by atoms with Crippen LogP contribution in [0.25, 0.3) is 0 Å². The summed E-state index contributed by atoms with van der Waals surface area (Å²) in [7, 11) is 1.57. The van der Waals surface area contributed by atoms with Gasteiger partial charge in [-0.25, -0.2) is 0 Å². The molecule has 0 bridgehead atoms. The molecule has 138 valence electrons. The van der Waals surface area contributed by atoms with E-state index < -0.39 is 5.92 Å². The molecule has 1 aromatic carbocycles. The van der Waals surface area contributed by atoms with Crippen molar-refractivity contribution in [2.45, 2.75) is 33.1 Å². The first-order valence-corrected chi connectivity index (χ1v) is 9.30. The Bertz CT molecular complexity index is 834. The molecule has 1 aliphatic heterocycles. The van der Waals surface area contributed by atoms with E-state index in [2.05, 4.69) is 15.5 Å². The SMILES string of the molecule is COc1ccc(C)cc1N1C[C@@H](C(=O)Nc2nnc(C(C)C)s2)CC1=O. The number of amides is 2. The first-order valence-electron chi connectivity index (χ1n) is 8.48. The predicted octanol–water partition coefficient (Wildman–Crippen LogP) is 2.97. The minimum absolute atomic E-state index is 0.0887. The summed E-state index contributed by atoms with van der Waals surface area (Å²) in [6.45, 7) is 6.32. The molecule has 1 aliphatic rings. The van der Waals surface area contributed by atoms with Crippen molar-refractivity contribution in [3.05, 3.63) is 28.8 Å². The minimum atomic E-state index is -0.431. The zero-order chi connectivity index (χ0) is 18.8. The van der Waals surface area contributed by atoms with E-state index in [1.807, 2.05) is 39.0 Å². The van der Waals surface area contributed by atoms with Gasteiger partial charge in [0.1, 0.15) is 10.8 Å². The van der Waals surface area contributed by atoms with E-state index in [0.717, 1.165) is 10.6 Å². The van der Waals surface area contributed by atoms with Crippen LogP contribution < -0.4 is 15.0 Å². The number of methoxy groups -OCH3 is 1. The number of nitrogens with zero attached hydrogens (tertiary/aromatic N) is 3. The number of nitrogens with one attached hydrogen (secondary N) is 1. The molecule has 1 saturated heterocycles. The van der Waals surface area contributed by atoms with Crippen LogP contribution >= 0.6 is 11.3 Å². The Labute approximate surface area is 156 Å². The molecule has 26 heavy (non-hydrogen) atoms. The molecular weight excluding hydrogens is 352 g/mol. The number of carbonyl (C=O) groups is 2. The Morgan fingerprint density at radius 2 is 2.15 bits per heavy atom. The average Bonchev–Trinajstić information content (AvgIpc) is 3.21. The van der Waals surface area contributed by atoms with Gasteiger partial charge in [-0.15, -0.1) is 10.2 Å². The highest BCUT2D eigenvalue weighted by atomic mass is 32.1. The molecule has 1 N–H and O–H groups in total. The van der Waals surface area contributed by atoms with E-state index in [0.29, 0.717) is 23.1 Å². The maximum absolute atomic E-state index is 12.6. The van der Waals surface area contributed by atoms with Gasteiger partial charge in [0.05, 0.1) is 18.7 Å². The van der Waals surface area contributed by atoms with Gasteiger partial charge in [0, 0.05) is 18.9 Å². The van der Waals surface area contributed by atoms with Crippen molar-refractivity contribution in [3.63, 3.8) is 0 Å². The fourth-order valence-electron chi connectivity index (χ4n) is 2.85. The number of hydrogen-bond acceptors (Lipinski definition) is 6. The van der Waals surface area contributed by atoms with Crippen molar-refractivity contribution < 1.29 is 14.3 Å². The molecule has 2 heterocycles. The van der Waals surface area contributed by atoms with Crippen LogP contribution in [0.15, 0.2) is 18.2 Å². The quantitative estimate of drug-likeness (QED) is 0.870. The number of carbonyl (C=O) groups excluding carboxylic acids is 2. The molecule has 7 nitrogen and oxygen atoms in total. The summed E-state index contributed by atoms with van der Waals surface area (Å²) >= 11 is 1.36. The average molecular weight is 374 g/mol. The number of hydrogen-bond donors (Lipinski definition) is 1. The van der Waals surface area contributed by atoms with Crippen LogP contribution in [0.5, 0.6) is 5.75 Å². The zero-order valence-corrected chi connectivity index (χ0v) is 16.1. The lowest BCUT2D eigenvalue weighted by Gasteiger charge is -2.20. The van der Waals surface area contributed by atoms with Gasteiger partial charge in [0.2, 0.25) is 16.9 Å². The van der Waals surface area contributed by atoms with Crippen LogP contribution in [0.4, 0.5) is 10.8 Å². The second kappa shape index (κ2) is 7.41. The van der Waals surface area contributed by atoms with Crippen LogP contribution in [0, 0.1) is 12.8 Å². The molecule has 1 aromatic heterocycles. The zero-order valence-electron chi connectivity index (χ0n) is 15.3. The number of benzene rings is 1. The molecule has 1 fully saturated rings. The highest BCUT2D eigenvalue weighted by Gasteiger charge is 2.36. The second-order valence-corrected chi connectivity index (χ2v) is 7.68. The van der Waals surface area contributed by atoms with Gasteiger partial charge < -0.3 is 15.0 Å². The van der Waals surface area contributed by atoms with Gasteiger partial charge in [-0.05, 0) is 24.6 Å². The van der Waals surface area contributed by atoms with Gasteiger partial charge in [-0.1, -0.05) is 31.3 Å². The third-order valence-electron chi connectivity index (χ3n) is 4.29. The van der Waals surface area contributed by atoms with E-state index in [9.17, 15) is 9.59 Å². The number of aryl methyl sites for hydroxylation is 1. The predicted molar refractivity (Wildman–Crippen MR) is 101 cm³/mol. The summed E-state index contributed by atoms with van der Waals surface area (Å²) in [4.78, 5) is 26.7. The Hall–Kier alpha value is -2.48. The van der Waals surface area contributed by atoms with Crippen molar-refractivity contribution in [2.75, 3.05) is 23.9 Å². The molecule has 0 spiro atoms. The van der Waals surface area contributed by atoms with Crippen LogP contribution in [0.2, 0.25) is 0 Å². The summed E-state index contributed by atoms with van der Waals surface area (Å²) in [5, 5.41) is 12.2. The molecule has 3 rings (SSSR count). The highest BCUT2D eigenvalue weighted by Crippen LogP contribution is 2.34. The van der Waals surface area contributed by atoms with E-state index in [1.54, 1.807) is 12.0 Å². The van der Waals surface area contributed by atoms with Gasteiger partial charge in [0.15, 0.2) is 0 Å². The molecule has 2 amide bonds. The molecule has 0 radical (unpaired) electrons. The van der Waals surface area contributed by atoms with Crippen LogP contribution in [0.3, 0.4) is 0 Å². The number of aromatic nitrogens is 2. The lowest BCUT2D eigenvalue weighted by molar-refractivity contribution is -0.122. The Morgan fingerprint density at radius 1 is 1.38 bits per heavy atom. The Kier molecular flexibility index (Phi) is 5.22. The maximum atomic E-state index is 12.6. The van der Waals surface area contributed by atoms with Crippen molar-refractivity contribution in [3.8, 4) is 5.75 Å². The van der Waals surface area contributed by atoms with Crippen molar-refractivity contribution >= 4 is 34.0 Å². The largest absolute Gasteiger partial charge is 0.495 e. The van der Waals surface area contributed by atoms with Gasteiger partial charge in [-0.3, -0.25) is 9.59 Å². The lowest BCUT2D eigenvalue weighted by Crippen LogP contribution is -2.28. The molecule has 2 aromatic rings. The Morgan fingerprint density at radius 3 is 2.81 bits per heavy atom. The van der Waals surface area contributed by atoms with Gasteiger partial charge in [0.25, 0.3) is 0 Å². The topological polar surface area (TPSA) is 84.4 Å². The van der Waals surface area contributed by atoms with Crippen molar-refractivity contribution in [1.82, 2.24) is 10.2 Å². The van der Waals surface area contributed by atoms with E-state index in [1.165, 1.54) is 11.3 Å². The second-order valence-electron chi connectivity index (χ2n) is 6.67. The monoisotopic (exact) mass is 374 g/mol. The molecule has 0 unspecified atom stereocenters. The minimum Gasteiger partial charge on any atom is -0.495 e. The van der Waals surface area contributed by atoms with E-state index in [-0.39, 0.29) is 24.2 Å². The lowest BCUT2D eigenvalue weighted by atomic mass is 10.1. The van der Waals surface area contributed by atoms with Crippen molar-refractivity contribution in [2.24, 2.45) is 5.92 Å². The number of ether oxygens (including phenoxy) is 1. The molecule has 8 heteroatoms. The summed E-state index contributed by atoms with van der Waals surface area (Å²) < 4.78 is 5.37. The summed E-state index contributed by atoms with van der Waals surface area (Å²) in [6, 6.07) is 5.66. The summed E-state index contributed by atoms with van der Waals surface area (Å²) in [5.41, 5.74) is 1.72. The van der Waals surface area contributed by atoms with Gasteiger partial charge in [-0.2, -0.15) is 0 Å². The van der Waals surface area contributed by atoms with Crippen LogP contribution in [-0.2, 0) is 9.59 Å². The maximum Gasteiger partial charge on any atom is 0.231 e. The van der Waals surface area contributed by atoms with Crippen LogP contribution in [-0.4, -0.2) is 35.7 Å². The summed E-state index contributed by atoms with van der Waals surface area (Å²) in [6.07, 6.45) is 0.165. The molecule has 0 aliphatic carbocycles. The fraction of sp³-hybridized carbons (Fsp3) is 0.444. The molecule has 1 atom stereocenters.